The highest BCUT2D eigenvalue weighted by atomic mass is 127. The normalized spacial score (nSPS) is 12.6. The monoisotopic (exact) mass is 374 g/mol. The van der Waals surface area contributed by atoms with Crippen LogP contribution < -0.4 is 0 Å². The molecule has 1 nitrogen and oxygen atoms in total. The molecule has 0 aliphatic rings. The van der Waals surface area contributed by atoms with Crippen molar-refractivity contribution in [3.8, 4) is 0 Å². The van der Waals surface area contributed by atoms with E-state index in [-0.39, 0.29) is 6.10 Å². The van der Waals surface area contributed by atoms with Gasteiger partial charge in [0.25, 0.3) is 0 Å². The highest BCUT2D eigenvalue weighted by molar-refractivity contribution is 14.1. The summed E-state index contributed by atoms with van der Waals surface area (Å²) in [5.74, 6) is 0. The first-order valence-electron chi connectivity index (χ1n) is 7.67. The Balaban J connectivity index is 2.06. The maximum atomic E-state index is 10.1. The van der Waals surface area contributed by atoms with Crippen molar-refractivity contribution in [3.63, 3.8) is 0 Å². The molecule has 0 radical (unpaired) electrons. The molecule has 0 bridgehead atoms. The van der Waals surface area contributed by atoms with E-state index in [0.717, 1.165) is 18.4 Å². The zero-order valence-electron chi connectivity index (χ0n) is 12.1. The van der Waals surface area contributed by atoms with Crippen molar-refractivity contribution in [2.45, 2.75) is 70.8 Å². The number of rotatable bonds is 10. The third-order valence-corrected chi connectivity index (χ3v) is 4.24. The summed E-state index contributed by atoms with van der Waals surface area (Å²) in [4.78, 5) is 0. The van der Waals surface area contributed by atoms with E-state index in [0.29, 0.717) is 0 Å². The maximum absolute atomic E-state index is 10.1. The van der Waals surface area contributed by atoms with Crippen LogP contribution in [-0.2, 0) is 0 Å². The molecule has 1 unspecified atom stereocenters. The minimum atomic E-state index is -0.283. The van der Waals surface area contributed by atoms with Crippen LogP contribution >= 0.6 is 22.6 Å². The molecule has 2 heteroatoms. The Hall–Kier alpha value is -0.0900. The van der Waals surface area contributed by atoms with Gasteiger partial charge in [0.15, 0.2) is 0 Å². The molecule has 0 saturated heterocycles. The lowest BCUT2D eigenvalue weighted by atomic mass is 10.0. The second kappa shape index (κ2) is 10.7. The molecule has 0 amide bonds. The van der Waals surface area contributed by atoms with Crippen LogP contribution in [0.4, 0.5) is 0 Å². The van der Waals surface area contributed by atoms with Gasteiger partial charge in [-0.2, -0.15) is 0 Å². The number of aliphatic hydroxyl groups is 1. The van der Waals surface area contributed by atoms with Crippen LogP contribution in [0.2, 0.25) is 0 Å². The van der Waals surface area contributed by atoms with Gasteiger partial charge in [0.2, 0.25) is 0 Å². The van der Waals surface area contributed by atoms with Gasteiger partial charge in [-0.05, 0) is 46.7 Å². The van der Waals surface area contributed by atoms with Gasteiger partial charge in [-0.1, -0.05) is 70.4 Å². The molecule has 1 rings (SSSR count). The Morgan fingerprint density at radius 3 is 2.26 bits per heavy atom. The minimum Gasteiger partial charge on any atom is -0.388 e. The predicted octanol–water partition coefficient (Wildman–Crippen LogP) is 5.86. The zero-order valence-corrected chi connectivity index (χ0v) is 14.2. The molecular weight excluding hydrogens is 347 g/mol. The molecule has 1 aromatic carbocycles. The highest BCUT2D eigenvalue weighted by Crippen LogP contribution is 2.21. The lowest BCUT2D eigenvalue weighted by molar-refractivity contribution is 0.163. The molecule has 0 fully saturated rings. The summed E-state index contributed by atoms with van der Waals surface area (Å²) >= 11 is 2.29. The Morgan fingerprint density at radius 2 is 1.63 bits per heavy atom. The zero-order chi connectivity index (χ0) is 13.9. The molecule has 19 heavy (non-hydrogen) atoms. The largest absolute Gasteiger partial charge is 0.388 e. The fourth-order valence-corrected chi connectivity index (χ4v) is 2.92. The topological polar surface area (TPSA) is 20.2 Å². The van der Waals surface area contributed by atoms with E-state index in [1.807, 2.05) is 12.1 Å². The number of halogens is 1. The fourth-order valence-electron chi connectivity index (χ4n) is 2.35. The summed E-state index contributed by atoms with van der Waals surface area (Å²) in [5, 5.41) is 10.1. The molecule has 1 N–H and O–H groups in total. The van der Waals surface area contributed by atoms with Crippen molar-refractivity contribution in [1.29, 1.82) is 0 Å². The summed E-state index contributed by atoms with van der Waals surface area (Å²) in [7, 11) is 0. The number of benzene rings is 1. The van der Waals surface area contributed by atoms with E-state index in [4.69, 9.17) is 0 Å². The molecule has 1 aromatic rings. The molecule has 1 atom stereocenters. The Morgan fingerprint density at radius 1 is 1.00 bits per heavy atom. The van der Waals surface area contributed by atoms with E-state index in [1.165, 1.54) is 48.5 Å². The number of hydrogen-bond donors (Lipinski definition) is 1. The molecule has 0 aliphatic carbocycles. The van der Waals surface area contributed by atoms with Crippen molar-refractivity contribution in [1.82, 2.24) is 0 Å². The number of hydrogen-bond acceptors (Lipinski definition) is 1. The van der Waals surface area contributed by atoms with Crippen LogP contribution in [0.5, 0.6) is 0 Å². The van der Waals surface area contributed by atoms with E-state index in [2.05, 4.69) is 41.6 Å². The van der Waals surface area contributed by atoms with Crippen LogP contribution in [0.15, 0.2) is 24.3 Å². The molecule has 0 aromatic heterocycles. The van der Waals surface area contributed by atoms with Gasteiger partial charge in [0.1, 0.15) is 0 Å². The summed E-state index contributed by atoms with van der Waals surface area (Å²) in [6, 6.07) is 8.19. The fraction of sp³-hybridized carbons (Fsp3) is 0.647. The summed E-state index contributed by atoms with van der Waals surface area (Å²) in [6.45, 7) is 2.26. The van der Waals surface area contributed by atoms with Crippen molar-refractivity contribution in [2.75, 3.05) is 0 Å². The first kappa shape index (κ1) is 17.0. The highest BCUT2D eigenvalue weighted by Gasteiger charge is 2.06. The van der Waals surface area contributed by atoms with Crippen molar-refractivity contribution >= 4 is 22.6 Å². The first-order valence-corrected chi connectivity index (χ1v) is 8.75. The van der Waals surface area contributed by atoms with Crippen LogP contribution in [0.3, 0.4) is 0 Å². The van der Waals surface area contributed by atoms with Gasteiger partial charge < -0.3 is 5.11 Å². The maximum Gasteiger partial charge on any atom is 0.0790 e. The number of unbranched alkanes of at least 4 members (excludes halogenated alkanes) is 7. The quantitative estimate of drug-likeness (QED) is 0.402. The summed E-state index contributed by atoms with van der Waals surface area (Å²) in [5.41, 5.74) is 1.06. The second-order valence-corrected chi connectivity index (χ2v) is 6.58. The van der Waals surface area contributed by atoms with Gasteiger partial charge >= 0.3 is 0 Å². The second-order valence-electron chi connectivity index (χ2n) is 5.33. The van der Waals surface area contributed by atoms with Crippen LogP contribution in [0.1, 0.15) is 76.4 Å². The standard InChI is InChI=1S/C17H27IO/c1-2-3-4-5-6-7-8-9-13-17(19)15-11-10-12-16(18)14-15/h10-12,14,17,19H,2-9,13H2,1H3. The Kier molecular flexibility index (Phi) is 9.52. The SMILES string of the molecule is CCCCCCCCCCC(O)c1cccc(I)c1. The predicted molar refractivity (Wildman–Crippen MR) is 91.3 cm³/mol. The van der Waals surface area contributed by atoms with E-state index in [9.17, 15) is 5.11 Å². The molecule has 0 heterocycles. The van der Waals surface area contributed by atoms with Gasteiger partial charge in [-0.3, -0.25) is 0 Å². The third kappa shape index (κ3) is 7.93. The molecular formula is C17H27IO. The van der Waals surface area contributed by atoms with Gasteiger partial charge in [-0.25, -0.2) is 0 Å². The van der Waals surface area contributed by atoms with Gasteiger partial charge in [0, 0.05) is 3.57 Å². The van der Waals surface area contributed by atoms with E-state index >= 15 is 0 Å². The van der Waals surface area contributed by atoms with Crippen LogP contribution in [0, 0.1) is 3.57 Å². The Labute approximate surface area is 132 Å². The smallest absolute Gasteiger partial charge is 0.0790 e. The van der Waals surface area contributed by atoms with Crippen LogP contribution in [0.25, 0.3) is 0 Å². The van der Waals surface area contributed by atoms with Crippen LogP contribution in [-0.4, -0.2) is 5.11 Å². The number of aliphatic hydroxyl groups excluding tert-OH is 1. The molecule has 0 aliphatic heterocycles. The summed E-state index contributed by atoms with van der Waals surface area (Å²) in [6.07, 6.45) is 11.2. The average molecular weight is 374 g/mol. The van der Waals surface area contributed by atoms with E-state index < -0.39 is 0 Å². The van der Waals surface area contributed by atoms with Crippen molar-refractivity contribution in [2.24, 2.45) is 0 Å². The first-order chi connectivity index (χ1) is 9.24. The Bertz CT molecular complexity index is 338. The minimum absolute atomic E-state index is 0.283. The van der Waals surface area contributed by atoms with Crippen molar-refractivity contribution < 1.29 is 5.11 Å². The van der Waals surface area contributed by atoms with Gasteiger partial charge in [-0.15, -0.1) is 0 Å². The third-order valence-electron chi connectivity index (χ3n) is 3.56. The lowest BCUT2D eigenvalue weighted by Gasteiger charge is -2.11. The summed E-state index contributed by atoms with van der Waals surface area (Å²) < 4.78 is 1.20. The lowest BCUT2D eigenvalue weighted by Crippen LogP contribution is -1.97. The molecule has 108 valence electrons. The molecule has 0 spiro atoms. The van der Waals surface area contributed by atoms with Crippen molar-refractivity contribution in [3.05, 3.63) is 33.4 Å². The van der Waals surface area contributed by atoms with Gasteiger partial charge in [0.05, 0.1) is 6.10 Å². The molecule has 0 saturated carbocycles. The van der Waals surface area contributed by atoms with E-state index in [1.54, 1.807) is 0 Å². The average Bonchev–Trinajstić information content (AvgIpc) is 2.41.